The van der Waals surface area contributed by atoms with E-state index in [1.807, 2.05) is 54.5 Å². The highest BCUT2D eigenvalue weighted by Gasteiger charge is 1.96. The summed E-state index contributed by atoms with van der Waals surface area (Å²) in [6.45, 7) is 0.709. The van der Waals surface area contributed by atoms with Gasteiger partial charge in [-0.1, -0.05) is 18.2 Å². The van der Waals surface area contributed by atoms with Crippen molar-refractivity contribution in [3.63, 3.8) is 0 Å². The lowest BCUT2D eigenvalue weighted by Crippen LogP contribution is -2.22. The molecule has 0 radical (unpaired) electrons. The first-order valence-corrected chi connectivity index (χ1v) is 6.33. The molecule has 0 fully saturated rings. The van der Waals surface area contributed by atoms with Crippen molar-refractivity contribution in [3.05, 3.63) is 48.3 Å². The SMILES string of the molecule is Cn1cc(CCCN=C(N)Nc2ccccc2)cn1. The summed E-state index contributed by atoms with van der Waals surface area (Å²) >= 11 is 0. The normalized spacial score (nSPS) is 11.5. The molecule has 0 aliphatic heterocycles. The summed E-state index contributed by atoms with van der Waals surface area (Å²) in [4.78, 5) is 4.30. The van der Waals surface area contributed by atoms with Crippen LogP contribution in [0.3, 0.4) is 0 Å². The number of aromatic nitrogens is 2. The predicted molar refractivity (Wildman–Crippen MR) is 78.1 cm³/mol. The molecule has 1 aromatic heterocycles. The molecule has 0 aliphatic rings. The standard InChI is InChI=1S/C14H19N5/c1-19-11-12(10-17-19)6-5-9-16-14(15)18-13-7-3-2-4-8-13/h2-4,7-8,10-11H,5-6,9H2,1H3,(H3,15,16,18). The van der Waals surface area contributed by atoms with Crippen LogP contribution in [0.1, 0.15) is 12.0 Å². The van der Waals surface area contributed by atoms with Gasteiger partial charge in [-0.25, -0.2) is 0 Å². The molecule has 0 saturated carbocycles. The van der Waals surface area contributed by atoms with Crippen LogP contribution in [0.2, 0.25) is 0 Å². The number of aliphatic imine (C=N–C) groups is 1. The first-order valence-electron chi connectivity index (χ1n) is 6.33. The van der Waals surface area contributed by atoms with E-state index in [2.05, 4.69) is 15.4 Å². The number of nitrogens with zero attached hydrogens (tertiary/aromatic N) is 3. The van der Waals surface area contributed by atoms with Gasteiger partial charge in [0.1, 0.15) is 0 Å². The Balaban J connectivity index is 1.73. The summed E-state index contributed by atoms with van der Waals surface area (Å²) in [5, 5.41) is 7.19. The zero-order chi connectivity index (χ0) is 13.5. The molecule has 5 heteroatoms. The van der Waals surface area contributed by atoms with Gasteiger partial charge in [-0.15, -0.1) is 0 Å². The highest BCUT2D eigenvalue weighted by atomic mass is 15.2. The Morgan fingerprint density at radius 3 is 2.84 bits per heavy atom. The van der Waals surface area contributed by atoms with Crippen LogP contribution in [-0.4, -0.2) is 22.3 Å². The number of benzene rings is 1. The summed E-state index contributed by atoms with van der Waals surface area (Å²) < 4.78 is 1.81. The Labute approximate surface area is 113 Å². The number of nitrogens with two attached hydrogens (primary N) is 1. The number of hydrogen-bond acceptors (Lipinski definition) is 2. The molecule has 0 unspecified atom stereocenters. The van der Waals surface area contributed by atoms with Crippen LogP contribution in [0.15, 0.2) is 47.7 Å². The van der Waals surface area contributed by atoms with Gasteiger partial charge in [-0.3, -0.25) is 9.67 Å². The molecule has 0 atom stereocenters. The third kappa shape index (κ3) is 4.46. The van der Waals surface area contributed by atoms with Crippen molar-refractivity contribution in [1.82, 2.24) is 9.78 Å². The number of aryl methyl sites for hydroxylation is 2. The number of para-hydroxylation sites is 1. The van der Waals surface area contributed by atoms with Crippen molar-refractivity contribution in [2.24, 2.45) is 17.8 Å². The van der Waals surface area contributed by atoms with Gasteiger partial charge in [-0.05, 0) is 30.5 Å². The largest absolute Gasteiger partial charge is 0.370 e. The molecule has 0 aliphatic carbocycles. The number of hydrogen-bond donors (Lipinski definition) is 2. The van der Waals surface area contributed by atoms with E-state index >= 15 is 0 Å². The summed E-state index contributed by atoms with van der Waals surface area (Å²) in [5.74, 6) is 0.456. The van der Waals surface area contributed by atoms with E-state index < -0.39 is 0 Å². The van der Waals surface area contributed by atoms with Crippen LogP contribution in [-0.2, 0) is 13.5 Å². The first-order chi connectivity index (χ1) is 9.24. The minimum absolute atomic E-state index is 0.456. The Morgan fingerprint density at radius 2 is 2.16 bits per heavy atom. The molecule has 0 saturated heterocycles. The molecule has 19 heavy (non-hydrogen) atoms. The Morgan fingerprint density at radius 1 is 1.37 bits per heavy atom. The van der Waals surface area contributed by atoms with Gasteiger partial charge < -0.3 is 11.1 Å². The van der Waals surface area contributed by atoms with Crippen LogP contribution in [0.25, 0.3) is 0 Å². The number of anilines is 1. The molecular formula is C14H19N5. The van der Waals surface area contributed by atoms with Gasteiger partial charge in [0.2, 0.25) is 0 Å². The van der Waals surface area contributed by atoms with Crippen LogP contribution in [0.4, 0.5) is 5.69 Å². The molecule has 3 N–H and O–H groups in total. The van der Waals surface area contributed by atoms with E-state index in [9.17, 15) is 0 Å². The summed E-state index contributed by atoms with van der Waals surface area (Å²) in [7, 11) is 1.92. The van der Waals surface area contributed by atoms with Gasteiger partial charge >= 0.3 is 0 Å². The zero-order valence-corrected chi connectivity index (χ0v) is 11.1. The smallest absolute Gasteiger partial charge is 0.193 e. The van der Waals surface area contributed by atoms with Crippen molar-refractivity contribution in [1.29, 1.82) is 0 Å². The van der Waals surface area contributed by atoms with Crippen molar-refractivity contribution in [2.45, 2.75) is 12.8 Å². The van der Waals surface area contributed by atoms with Crippen molar-refractivity contribution in [3.8, 4) is 0 Å². The lowest BCUT2D eigenvalue weighted by Gasteiger charge is -2.04. The molecule has 0 bridgehead atoms. The van der Waals surface area contributed by atoms with E-state index in [1.54, 1.807) is 0 Å². The molecule has 2 aromatic rings. The van der Waals surface area contributed by atoms with E-state index in [-0.39, 0.29) is 0 Å². The quantitative estimate of drug-likeness (QED) is 0.487. The fraction of sp³-hybridized carbons (Fsp3) is 0.286. The van der Waals surface area contributed by atoms with Crippen LogP contribution < -0.4 is 11.1 Å². The fourth-order valence-electron chi connectivity index (χ4n) is 1.79. The predicted octanol–water partition coefficient (Wildman–Crippen LogP) is 1.78. The maximum atomic E-state index is 5.81. The lowest BCUT2D eigenvalue weighted by atomic mass is 10.2. The molecular weight excluding hydrogens is 238 g/mol. The topological polar surface area (TPSA) is 68.2 Å². The fourth-order valence-corrected chi connectivity index (χ4v) is 1.79. The molecule has 1 aromatic carbocycles. The maximum absolute atomic E-state index is 5.81. The summed E-state index contributed by atoms with van der Waals surface area (Å²) in [5.41, 5.74) is 8.00. The average Bonchev–Trinajstić information content (AvgIpc) is 2.82. The lowest BCUT2D eigenvalue weighted by molar-refractivity contribution is 0.765. The minimum atomic E-state index is 0.456. The van der Waals surface area contributed by atoms with Gasteiger partial charge in [0.05, 0.1) is 6.20 Å². The van der Waals surface area contributed by atoms with E-state index in [0.717, 1.165) is 18.5 Å². The number of guanidine groups is 1. The highest BCUT2D eigenvalue weighted by molar-refractivity contribution is 5.92. The first kappa shape index (κ1) is 13.1. The number of nitrogens with one attached hydrogen (secondary N) is 1. The second-order valence-corrected chi connectivity index (χ2v) is 4.38. The Bertz CT molecular complexity index is 530. The van der Waals surface area contributed by atoms with Crippen molar-refractivity contribution < 1.29 is 0 Å². The maximum Gasteiger partial charge on any atom is 0.193 e. The Kier molecular flexibility index (Phi) is 4.55. The zero-order valence-electron chi connectivity index (χ0n) is 11.1. The van der Waals surface area contributed by atoms with Crippen LogP contribution in [0, 0.1) is 0 Å². The average molecular weight is 257 g/mol. The second kappa shape index (κ2) is 6.58. The van der Waals surface area contributed by atoms with Crippen molar-refractivity contribution in [2.75, 3.05) is 11.9 Å². The molecule has 100 valence electrons. The van der Waals surface area contributed by atoms with E-state index in [0.29, 0.717) is 12.5 Å². The summed E-state index contributed by atoms with van der Waals surface area (Å²) in [6, 6.07) is 9.79. The third-order valence-corrected chi connectivity index (χ3v) is 2.71. The van der Waals surface area contributed by atoms with Gasteiger partial charge in [-0.2, -0.15) is 5.10 Å². The molecule has 0 amide bonds. The van der Waals surface area contributed by atoms with Crippen LogP contribution in [0.5, 0.6) is 0 Å². The molecule has 2 rings (SSSR count). The second-order valence-electron chi connectivity index (χ2n) is 4.38. The monoisotopic (exact) mass is 257 g/mol. The minimum Gasteiger partial charge on any atom is -0.370 e. The Hall–Kier alpha value is -2.30. The van der Waals surface area contributed by atoms with Crippen LogP contribution >= 0.6 is 0 Å². The molecule has 0 spiro atoms. The van der Waals surface area contributed by atoms with Gasteiger partial charge in [0.15, 0.2) is 5.96 Å². The highest BCUT2D eigenvalue weighted by Crippen LogP contribution is 2.04. The third-order valence-electron chi connectivity index (χ3n) is 2.71. The van der Waals surface area contributed by atoms with Gasteiger partial charge in [0.25, 0.3) is 0 Å². The number of rotatable bonds is 5. The van der Waals surface area contributed by atoms with Gasteiger partial charge in [0, 0.05) is 25.5 Å². The van der Waals surface area contributed by atoms with Crippen molar-refractivity contribution >= 4 is 11.6 Å². The molecule has 1 heterocycles. The molecule has 5 nitrogen and oxygen atoms in total. The van der Waals surface area contributed by atoms with E-state index in [1.165, 1.54) is 5.56 Å². The van der Waals surface area contributed by atoms with E-state index in [4.69, 9.17) is 5.73 Å². The summed E-state index contributed by atoms with van der Waals surface area (Å²) in [6.07, 6.45) is 5.84.